The highest BCUT2D eigenvalue weighted by Gasteiger charge is 2.00. The fourth-order valence-electron chi connectivity index (χ4n) is 1.02. The summed E-state index contributed by atoms with van der Waals surface area (Å²) in [5.74, 6) is 0. The Morgan fingerprint density at radius 1 is 1.36 bits per heavy atom. The van der Waals surface area contributed by atoms with E-state index in [2.05, 4.69) is 4.98 Å². The van der Waals surface area contributed by atoms with Gasteiger partial charge in [0.1, 0.15) is 0 Å². The van der Waals surface area contributed by atoms with E-state index in [1.165, 1.54) is 0 Å². The number of H-pyrrole nitrogens is 1. The van der Waals surface area contributed by atoms with Crippen LogP contribution in [-0.4, -0.2) is 9.07 Å². The lowest BCUT2D eigenvalue weighted by atomic mass is 10.3. The zero-order chi connectivity index (χ0) is 7.84. The molecule has 1 heterocycles. The normalized spacial score (nSPS) is 10.6. The SMILES string of the molecule is O=c1[nH]c2ccccc2n1Cl. The van der Waals surface area contributed by atoms with Crippen LogP contribution in [0.3, 0.4) is 0 Å². The minimum absolute atomic E-state index is 0.298. The van der Waals surface area contributed by atoms with Gasteiger partial charge in [0.05, 0.1) is 11.0 Å². The van der Waals surface area contributed by atoms with Crippen LogP contribution in [0.2, 0.25) is 0 Å². The first-order valence-corrected chi connectivity index (χ1v) is 3.49. The maximum absolute atomic E-state index is 10.9. The molecule has 1 N–H and O–H groups in total. The van der Waals surface area contributed by atoms with Crippen molar-refractivity contribution in [2.24, 2.45) is 0 Å². The zero-order valence-electron chi connectivity index (χ0n) is 5.54. The lowest BCUT2D eigenvalue weighted by Crippen LogP contribution is -2.07. The van der Waals surface area contributed by atoms with Crippen molar-refractivity contribution in [1.29, 1.82) is 0 Å². The van der Waals surface area contributed by atoms with Crippen LogP contribution in [0.15, 0.2) is 29.1 Å². The van der Waals surface area contributed by atoms with E-state index < -0.39 is 0 Å². The third-order valence-corrected chi connectivity index (χ3v) is 1.87. The number of aromatic nitrogens is 2. The first-order valence-electron chi connectivity index (χ1n) is 3.15. The van der Waals surface area contributed by atoms with Crippen molar-refractivity contribution < 1.29 is 0 Å². The van der Waals surface area contributed by atoms with Crippen LogP contribution >= 0.6 is 11.8 Å². The lowest BCUT2D eigenvalue weighted by molar-refractivity contribution is 1.14. The molecule has 1 aromatic heterocycles. The van der Waals surface area contributed by atoms with Crippen LogP contribution in [0.4, 0.5) is 0 Å². The van der Waals surface area contributed by atoms with Crippen LogP contribution in [0.1, 0.15) is 0 Å². The van der Waals surface area contributed by atoms with E-state index in [1.807, 2.05) is 12.1 Å². The standard InChI is InChI=1S/C7H5ClN2O/c8-10-6-4-2-1-3-5(6)9-7(10)11/h1-4H,(H,9,11). The number of rotatable bonds is 0. The highest BCUT2D eigenvalue weighted by Crippen LogP contribution is 2.08. The Morgan fingerprint density at radius 3 is 2.82 bits per heavy atom. The monoisotopic (exact) mass is 168 g/mol. The molecule has 0 radical (unpaired) electrons. The minimum atomic E-state index is -0.298. The molecule has 4 heteroatoms. The van der Waals surface area contributed by atoms with Crippen molar-refractivity contribution in [3.8, 4) is 0 Å². The first kappa shape index (κ1) is 6.49. The topological polar surface area (TPSA) is 37.8 Å². The molecular formula is C7H5ClN2O. The van der Waals surface area contributed by atoms with Crippen molar-refractivity contribution >= 4 is 22.8 Å². The largest absolute Gasteiger partial charge is 0.341 e. The molecule has 1 aromatic carbocycles. The average Bonchev–Trinajstić information content (AvgIpc) is 2.30. The van der Waals surface area contributed by atoms with E-state index in [9.17, 15) is 4.79 Å². The predicted octanol–water partition coefficient (Wildman–Crippen LogP) is 1.33. The summed E-state index contributed by atoms with van der Waals surface area (Å²) in [6.45, 7) is 0. The molecule has 0 fully saturated rings. The highest BCUT2D eigenvalue weighted by molar-refractivity contribution is 6.18. The van der Waals surface area contributed by atoms with Gasteiger partial charge in [-0.1, -0.05) is 12.1 Å². The van der Waals surface area contributed by atoms with Gasteiger partial charge in [0, 0.05) is 11.8 Å². The van der Waals surface area contributed by atoms with Crippen LogP contribution in [-0.2, 0) is 0 Å². The Labute approximate surface area is 67.3 Å². The average molecular weight is 169 g/mol. The molecule has 0 bridgehead atoms. The summed E-state index contributed by atoms with van der Waals surface area (Å²) in [5, 5.41) is 0. The van der Waals surface area contributed by atoms with E-state index >= 15 is 0 Å². The summed E-state index contributed by atoms with van der Waals surface area (Å²) in [6.07, 6.45) is 0. The molecule has 0 spiro atoms. The van der Waals surface area contributed by atoms with E-state index in [4.69, 9.17) is 11.8 Å². The van der Waals surface area contributed by atoms with Gasteiger partial charge in [-0.25, -0.2) is 8.88 Å². The third kappa shape index (κ3) is 0.851. The van der Waals surface area contributed by atoms with Gasteiger partial charge in [-0.05, 0) is 12.1 Å². The van der Waals surface area contributed by atoms with Gasteiger partial charge in [0.15, 0.2) is 0 Å². The molecule has 0 saturated heterocycles. The summed E-state index contributed by atoms with van der Waals surface area (Å²) < 4.78 is 1.06. The second-order valence-corrected chi connectivity index (χ2v) is 2.57. The Morgan fingerprint density at radius 2 is 2.09 bits per heavy atom. The van der Waals surface area contributed by atoms with Crippen LogP contribution in [0, 0.1) is 0 Å². The van der Waals surface area contributed by atoms with E-state index in [0.29, 0.717) is 5.52 Å². The number of benzene rings is 1. The number of nitrogens with one attached hydrogen (secondary N) is 1. The van der Waals surface area contributed by atoms with Crippen molar-refractivity contribution in [2.75, 3.05) is 0 Å². The number of aromatic amines is 1. The third-order valence-electron chi connectivity index (χ3n) is 1.54. The molecule has 2 rings (SSSR count). The molecule has 2 aromatic rings. The Hall–Kier alpha value is -1.22. The van der Waals surface area contributed by atoms with E-state index in [-0.39, 0.29) is 5.69 Å². The van der Waals surface area contributed by atoms with E-state index in [1.54, 1.807) is 12.1 Å². The molecule has 0 aliphatic rings. The smallest absolute Gasteiger partial charge is 0.304 e. The number of hydrogen-bond donors (Lipinski definition) is 1. The van der Waals surface area contributed by atoms with Gasteiger partial charge >= 0.3 is 5.69 Å². The molecule has 0 aliphatic heterocycles. The minimum Gasteiger partial charge on any atom is -0.304 e. The molecule has 0 atom stereocenters. The summed E-state index contributed by atoms with van der Waals surface area (Å²) in [5.41, 5.74) is 1.17. The van der Waals surface area contributed by atoms with Crippen molar-refractivity contribution in [3.05, 3.63) is 34.7 Å². The maximum Gasteiger partial charge on any atom is 0.341 e. The predicted molar refractivity (Wildman–Crippen MR) is 43.8 cm³/mol. The quantitative estimate of drug-likeness (QED) is 0.633. The number of para-hydroxylation sites is 2. The van der Waals surface area contributed by atoms with Gasteiger partial charge < -0.3 is 4.98 Å². The second-order valence-electron chi connectivity index (χ2n) is 2.23. The first-order chi connectivity index (χ1) is 5.29. The van der Waals surface area contributed by atoms with Crippen molar-refractivity contribution in [3.63, 3.8) is 0 Å². The summed E-state index contributed by atoms with van der Waals surface area (Å²) >= 11 is 5.61. The molecular weight excluding hydrogens is 164 g/mol. The number of halogens is 1. The molecule has 0 saturated carbocycles. The lowest BCUT2D eigenvalue weighted by Gasteiger charge is -1.86. The molecule has 0 unspecified atom stereocenters. The summed E-state index contributed by atoms with van der Waals surface area (Å²) in [4.78, 5) is 13.5. The van der Waals surface area contributed by atoms with Crippen molar-refractivity contribution in [2.45, 2.75) is 0 Å². The number of nitrogens with zero attached hydrogens (tertiary/aromatic N) is 1. The Balaban J connectivity index is 3.04. The fraction of sp³-hybridized carbons (Fsp3) is 0. The number of fused-ring (bicyclic) bond motifs is 1. The van der Waals surface area contributed by atoms with Crippen LogP contribution in [0.25, 0.3) is 11.0 Å². The van der Waals surface area contributed by atoms with Gasteiger partial charge in [-0.15, -0.1) is 0 Å². The molecule has 11 heavy (non-hydrogen) atoms. The van der Waals surface area contributed by atoms with E-state index in [0.717, 1.165) is 9.60 Å². The maximum atomic E-state index is 10.9. The van der Waals surface area contributed by atoms with Crippen LogP contribution < -0.4 is 5.69 Å². The van der Waals surface area contributed by atoms with Gasteiger partial charge in [-0.3, -0.25) is 0 Å². The number of hydrogen-bond acceptors (Lipinski definition) is 1. The second kappa shape index (κ2) is 2.13. The Bertz CT molecular complexity index is 443. The summed E-state index contributed by atoms with van der Waals surface area (Å²) in [7, 11) is 0. The van der Waals surface area contributed by atoms with Crippen LogP contribution in [0.5, 0.6) is 0 Å². The highest BCUT2D eigenvalue weighted by atomic mass is 35.5. The molecule has 3 nitrogen and oxygen atoms in total. The van der Waals surface area contributed by atoms with Gasteiger partial charge in [0.25, 0.3) is 0 Å². The molecule has 0 aliphatic carbocycles. The Kier molecular flexibility index (Phi) is 1.26. The zero-order valence-corrected chi connectivity index (χ0v) is 6.30. The van der Waals surface area contributed by atoms with Gasteiger partial charge in [-0.2, -0.15) is 0 Å². The fourth-order valence-corrected chi connectivity index (χ4v) is 1.21. The van der Waals surface area contributed by atoms with Gasteiger partial charge in [0.2, 0.25) is 0 Å². The van der Waals surface area contributed by atoms with Crippen molar-refractivity contribution in [1.82, 2.24) is 9.07 Å². The number of imidazole rings is 1. The molecule has 0 amide bonds. The summed E-state index contributed by atoms with van der Waals surface area (Å²) in [6, 6.07) is 7.25. The molecule has 56 valence electrons.